The van der Waals surface area contributed by atoms with Crippen LogP contribution in [0.3, 0.4) is 0 Å². The van der Waals surface area contributed by atoms with Gasteiger partial charge in [-0.2, -0.15) is 10.2 Å². The standard InChI is InChI=1S/C25H25N7O2/c1-15(2)32-24-21(14-29-32)20(11-22(30-24)19-10-16(3)34-17(19)4)25(33)27-13-18-6-7-23(26-12-18)31-9-5-8-28-31/h5-12,14-15H,13H2,1-4H3,(H,27,33). The highest BCUT2D eigenvalue weighted by Gasteiger charge is 2.20. The summed E-state index contributed by atoms with van der Waals surface area (Å²) in [6, 6.07) is 9.48. The Balaban J connectivity index is 1.46. The number of nitrogens with zero attached hydrogens (tertiary/aromatic N) is 6. The molecule has 172 valence electrons. The van der Waals surface area contributed by atoms with Gasteiger partial charge in [-0.1, -0.05) is 6.07 Å². The van der Waals surface area contributed by atoms with Gasteiger partial charge in [-0.25, -0.2) is 19.3 Å². The molecule has 34 heavy (non-hydrogen) atoms. The lowest BCUT2D eigenvalue weighted by molar-refractivity contribution is 0.0952. The number of furan rings is 1. The normalized spacial score (nSPS) is 11.4. The third-order valence-electron chi connectivity index (χ3n) is 5.62. The monoisotopic (exact) mass is 455 g/mol. The second-order valence-corrected chi connectivity index (χ2v) is 8.46. The van der Waals surface area contributed by atoms with Gasteiger partial charge in [0.05, 0.1) is 22.8 Å². The van der Waals surface area contributed by atoms with Crippen LogP contribution in [0.4, 0.5) is 0 Å². The number of amides is 1. The van der Waals surface area contributed by atoms with Gasteiger partial charge in [-0.3, -0.25) is 4.79 Å². The number of aromatic nitrogens is 6. The van der Waals surface area contributed by atoms with Crippen LogP contribution in [0, 0.1) is 13.8 Å². The van der Waals surface area contributed by atoms with Crippen molar-refractivity contribution in [3.05, 3.63) is 77.8 Å². The van der Waals surface area contributed by atoms with Crippen LogP contribution in [0.25, 0.3) is 28.1 Å². The zero-order valence-corrected chi connectivity index (χ0v) is 19.5. The highest BCUT2D eigenvalue weighted by molar-refractivity contribution is 6.06. The number of hydrogen-bond acceptors (Lipinski definition) is 6. The zero-order chi connectivity index (χ0) is 23.8. The molecule has 0 saturated carbocycles. The van der Waals surface area contributed by atoms with Gasteiger partial charge in [0.25, 0.3) is 5.91 Å². The number of carbonyl (C=O) groups is 1. The minimum absolute atomic E-state index is 0.0997. The molecule has 5 rings (SSSR count). The molecule has 5 heterocycles. The Labute approximate surface area is 196 Å². The predicted octanol–water partition coefficient (Wildman–Crippen LogP) is 4.40. The SMILES string of the molecule is Cc1cc(-c2cc(C(=O)NCc3ccc(-n4cccn4)nc3)c3cnn(C(C)C)c3n2)c(C)o1. The van der Waals surface area contributed by atoms with Gasteiger partial charge in [-0.05, 0) is 57.5 Å². The number of fused-ring (bicyclic) bond motifs is 1. The topological polar surface area (TPSA) is 104 Å². The molecule has 0 bridgehead atoms. The predicted molar refractivity (Wildman–Crippen MR) is 128 cm³/mol. The molecule has 9 nitrogen and oxygen atoms in total. The molecule has 5 aromatic heterocycles. The number of pyridine rings is 2. The highest BCUT2D eigenvalue weighted by atomic mass is 16.3. The minimum Gasteiger partial charge on any atom is -0.466 e. The maximum absolute atomic E-state index is 13.3. The van der Waals surface area contributed by atoms with Crippen molar-refractivity contribution in [3.63, 3.8) is 0 Å². The van der Waals surface area contributed by atoms with E-state index in [2.05, 4.69) is 20.5 Å². The minimum atomic E-state index is -0.203. The van der Waals surface area contributed by atoms with E-state index in [9.17, 15) is 4.79 Å². The van der Waals surface area contributed by atoms with Crippen molar-refractivity contribution in [1.82, 2.24) is 34.8 Å². The van der Waals surface area contributed by atoms with Gasteiger partial charge in [-0.15, -0.1) is 0 Å². The zero-order valence-electron chi connectivity index (χ0n) is 19.5. The van der Waals surface area contributed by atoms with Crippen molar-refractivity contribution >= 4 is 16.9 Å². The first-order valence-corrected chi connectivity index (χ1v) is 11.1. The maximum Gasteiger partial charge on any atom is 0.252 e. The summed E-state index contributed by atoms with van der Waals surface area (Å²) in [5.74, 6) is 2.07. The molecule has 0 unspecified atom stereocenters. The van der Waals surface area contributed by atoms with Crippen LogP contribution < -0.4 is 5.32 Å². The summed E-state index contributed by atoms with van der Waals surface area (Å²) < 4.78 is 9.22. The number of rotatable bonds is 6. The van der Waals surface area contributed by atoms with Crippen molar-refractivity contribution in [2.24, 2.45) is 0 Å². The molecule has 0 aliphatic rings. The van der Waals surface area contributed by atoms with E-state index in [0.29, 0.717) is 34.7 Å². The highest BCUT2D eigenvalue weighted by Crippen LogP contribution is 2.30. The molecule has 0 saturated heterocycles. The summed E-state index contributed by atoms with van der Waals surface area (Å²) in [5.41, 5.74) is 3.62. The van der Waals surface area contributed by atoms with Gasteiger partial charge in [0.2, 0.25) is 0 Å². The second-order valence-electron chi connectivity index (χ2n) is 8.46. The van der Waals surface area contributed by atoms with Crippen LogP contribution in [0.1, 0.15) is 47.3 Å². The largest absolute Gasteiger partial charge is 0.466 e. The fraction of sp³-hybridized carbons (Fsp3) is 0.240. The van der Waals surface area contributed by atoms with Crippen molar-refractivity contribution in [2.75, 3.05) is 0 Å². The number of carbonyl (C=O) groups excluding carboxylic acids is 1. The van der Waals surface area contributed by atoms with E-state index < -0.39 is 0 Å². The molecule has 1 N–H and O–H groups in total. The Bertz CT molecular complexity index is 1460. The molecule has 0 fully saturated rings. The Kier molecular flexibility index (Phi) is 5.45. The molecule has 9 heteroatoms. The van der Waals surface area contributed by atoms with Crippen molar-refractivity contribution in [2.45, 2.75) is 40.3 Å². The lowest BCUT2D eigenvalue weighted by Crippen LogP contribution is -2.23. The average molecular weight is 456 g/mol. The lowest BCUT2D eigenvalue weighted by Gasteiger charge is -2.11. The third kappa shape index (κ3) is 3.96. The van der Waals surface area contributed by atoms with Crippen LogP contribution in [0.2, 0.25) is 0 Å². The van der Waals surface area contributed by atoms with E-state index >= 15 is 0 Å². The summed E-state index contributed by atoms with van der Waals surface area (Å²) in [4.78, 5) is 22.6. The van der Waals surface area contributed by atoms with Gasteiger partial charge >= 0.3 is 0 Å². The molecule has 0 spiro atoms. The molecule has 0 aromatic carbocycles. The van der Waals surface area contributed by atoms with E-state index in [-0.39, 0.29) is 11.9 Å². The molecule has 1 amide bonds. The quantitative estimate of drug-likeness (QED) is 0.407. The van der Waals surface area contributed by atoms with Crippen LogP contribution >= 0.6 is 0 Å². The third-order valence-corrected chi connectivity index (χ3v) is 5.62. The van der Waals surface area contributed by atoms with E-state index in [0.717, 1.165) is 22.6 Å². The van der Waals surface area contributed by atoms with Gasteiger partial charge in [0.15, 0.2) is 11.5 Å². The van der Waals surface area contributed by atoms with Gasteiger partial charge in [0, 0.05) is 36.7 Å². The Morgan fingerprint density at radius 2 is 2.00 bits per heavy atom. The molecule has 0 atom stereocenters. The van der Waals surface area contributed by atoms with E-state index in [4.69, 9.17) is 9.40 Å². The Morgan fingerprint density at radius 3 is 2.65 bits per heavy atom. The number of aryl methyl sites for hydroxylation is 2. The first kappa shape index (κ1) is 21.6. The van der Waals surface area contributed by atoms with Crippen molar-refractivity contribution < 1.29 is 9.21 Å². The summed E-state index contributed by atoms with van der Waals surface area (Å²) in [6.45, 7) is 8.20. The van der Waals surface area contributed by atoms with Gasteiger partial charge < -0.3 is 9.73 Å². The molecule has 0 aliphatic heterocycles. The van der Waals surface area contributed by atoms with Crippen LogP contribution in [-0.2, 0) is 6.54 Å². The van der Waals surface area contributed by atoms with E-state index in [1.807, 2.05) is 62.8 Å². The number of nitrogens with one attached hydrogen (secondary N) is 1. The fourth-order valence-electron chi connectivity index (χ4n) is 3.95. The van der Waals surface area contributed by atoms with Crippen LogP contribution in [0.15, 0.2) is 59.5 Å². The Hall–Kier alpha value is -4.27. The van der Waals surface area contributed by atoms with Crippen molar-refractivity contribution in [1.29, 1.82) is 0 Å². The summed E-state index contributed by atoms with van der Waals surface area (Å²) >= 11 is 0. The first-order chi connectivity index (χ1) is 16.4. The summed E-state index contributed by atoms with van der Waals surface area (Å²) in [6.07, 6.45) is 6.97. The van der Waals surface area contributed by atoms with Crippen LogP contribution in [0.5, 0.6) is 0 Å². The van der Waals surface area contributed by atoms with Gasteiger partial charge in [0.1, 0.15) is 11.5 Å². The smallest absolute Gasteiger partial charge is 0.252 e. The molecule has 0 radical (unpaired) electrons. The molecule has 0 aliphatic carbocycles. The first-order valence-electron chi connectivity index (χ1n) is 11.1. The van der Waals surface area contributed by atoms with Crippen LogP contribution in [-0.4, -0.2) is 35.4 Å². The van der Waals surface area contributed by atoms with E-state index in [1.54, 1.807) is 29.3 Å². The maximum atomic E-state index is 13.3. The molecule has 5 aromatic rings. The second kappa shape index (κ2) is 8.58. The Morgan fingerprint density at radius 1 is 1.15 bits per heavy atom. The summed E-state index contributed by atoms with van der Waals surface area (Å²) in [5, 5.41) is 12.4. The summed E-state index contributed by atoms with van der Waals surface area (Å²) in [7, 11) is 0. The van der Waals surface area contributed by atoms with Crippen molar-refractivity contribution in [3.8, 4) is 17.1 Å². The van der Waals surface area contributed by atoms with E-state index in [1.165, 1.54) is 0 Å². The molecular weight excluding hydrogens is 430 g/mol. The average Bonchev–Trinajstić information content (AvgIpc) is 3.57. The number of hydrogen-bond donors (Lipinski definition) is 1. The molecular formula is C25H25N7O2. The fourth-order valence-corrected chi connectivity index (χ4v) is 3.95. The lowest BCUT2D eigenvalue weighted by atomic mass is 10.1.